The zero-order chi connectivity index (χ0) is 12.4. The molecule has 1 aliphatic heterocycles. The molecule has 0 bridgehead atoms. The second-order valence-electron chi connectivity index (χ2n) is 4.22. The maximum absolute atomic E-state index is 12.1. The number of carbonyl (C=O) groups excluding carboxylic acids is 1. The number of nitrogens with one attached hydrogen (secondary N) is 1. The lowest BCUT2D eigenvalue weighted by Gasteiger charge is -2.08. The number of thiophene rings is 1. The van der Waals surface area contributed by atoms with Crippen molar-refractivity contribution in [2.75, 3.05) is 0 Å². The summed E-state index contributed by atoms with van der Waals surface area (Å²) in [5.74, 6) is 0.143. The van der Waals surface area contributed by atoms with Crippen LogP contribution in [0.15, 0.2) is 46.7 Å². The number of hydrogen-bond donors (Lipinski definition) is 1. The van der Waals surface area contributed by atoms with Crippen molar-refractivity contribution in [2.45, 2.75) is 23.1 Å². The van der Waals surface area contributed by atoms with Gasteiger partial charge in [-0.1, -0.05) is 24.3 Å². The number of fused-ring (bicyclic) bond motifs is 1. The molecule has 1 amide bonds. The lowest BCUT2D eigenvalue weighted by Crippen LogP contribution is -2.31. The highest BCUT2D eigenvalue weighted by Gasteiger charge is 2.27. The van der Waals surface area contributed by atoms with Gasteiger partial charge in [0.1, 0.15) is 0 Å². The quantitative estimate of drug-likeness (QED) is 0.932. The molecule has 4 heteroatoms. The van der Waals surface area contributed by atoms with Gasteiger partial charge in [-0.3, -0.25) is 4.79 Å². The van der Waals surface area contributed by atoms with Gasteiger partial charge >= 0.3 is 0 Å². The fraction of sp³-hybridized carbons (Fsp3) is 0.214. The molecule has 0 spiro atoms. The summed E-state index contributed by atoms with van der Waals surface area (Å²) in [6.07, 6.45) is 0.844. The van der Waals surface area contributed by atoms with Crippen LogP contribution in [0.5, 0.6) is 0 Å². The van der Waals surface area contributed by atoms with Gasteiger partial charge in [0.2, 0.25) is 5.91 Å². The van der Waals surface area contributed by atoms with Crippen molar-refractivity contribution >= 4 is 29.0 Å². The highest BCUT2D eigenvalue weighted by atomic mass is 32.2. The highest BCUT2D eigenvalue weighted by Crippen LogP contribution is 2.36. The van der Waals surface area contributed by atoms with Crippen LogP contribution in [-0.4, -0.2) is 11.2 Å². The minimum atomic E-state index is 0.0300. The molecule has 92 valence electrons. The predicted octanol–water partition coefficient (Wildman–Crippen LogP) is 3.08. The Morgan fingerprint density at radius 1 is 1.28 bits per heavy atom. The third-order valence-corrected chi connectivity index (χ3v) is 5.15. The first-order valence-electron chi connectivity index (χ1n) is 5.87. The van der Waals surface area contributed by atoms with E-state index in [1.807, 2.05) is 29.6 Å². The number of thioether (sulfide) groups is 1. The second kappa shape index (κ2) is 5.16. The van der Waals surface area contributed by atoms with Crippen molar-refractivity contribution in [1.82, 2.24) is 5.32 Å². The van der Waals surface area contributed by atoms with Crippen LogP contribution in [0.3, 0.4) is 0 Å². The Bertz CT molecular complexity index is 526. The molecule has 3 rings (SSSR count). The van der Waals surface area contributed by atoms with Gasteiger partial charge in [-0.25, -0.2) is 0 Å². The first-order valence-corrected chi connectivity index (χ1v) is 7.63. The number of rotatable bonds is 3. The minimum Gasteiger partial charge on any atom is -0.350 e. The Morgan fingerprint density at radius 3 is 2.94 bits per heavy atom. The molecule has 1 atom stereocenters. The molecule has 2 aromatic rings. The molecule has 0 fully saturated rings. The maximum atomic E-state index is 12.1. The van der Waals surface area contributed by atoms with E-state index in [-0.39, 0.29) is 11.2 Å². The Kier molecular flexibility index (Phi) is 3.39. The third-order valence-electron chi connectivity index (χ3n) is 2.96. The summed E-state index contributed by atoms with van der Waals surface area (Å²) in [7, 11) is 0. The molecule has 0 aliphatic carbocycles. The lowest BCUT2D eigenvalue weighted by atomic mass is 10.1. The van der Waals surface area contributed by atoms with Gasteiger partial charge in [-0.05, 0) is 29.5 Å². The van der Waals surface area contributed by atoms with E-state index in [1.54, 1.807) is 23.1 Å². The topological polar surface area (TPSA) is 29.1 Å². The number of hydrogen-bond acceptors (Lipinski definition) is 3. The molecule has 2 nitrogen and oxygen atoms in total. The largest absolute Gasteiger partial charge is 0.350 e. The standard InChI is InChI=1S/C14H13NOS2/c16-14(15-9-11-5-3-7-17-11)13-8-10-4-1-2-6-12(10)18-13/h1-7,13H,8-9H2,(H,15,16). The molecular formula is C14H13NOS2. The molecule has 18 heavy (non-hydrogen) atoms. The van der Waals surface area contributed by atoms with Crippen molar-refractivity contribution in [2.24, 2.45) is 0 Å². The summed E-state index contributed by atoms with van der Waals surface area (Å²) in [4.78, 5) is 14.5. The Balaban J connectivity index is 1.59. The molecule has 1 aromatic heterocycles. The zero-order valence-electron chi connectivity index (χ0n) is 9.76. The predicted molar refractivity (Wildman–Crippen MR) is 76.0 cm³/mol. The Morgan fingerprint density at radius 2 is 2.17 bits per heavy atom. The summed E-state index contributed by atoms with van der Waals surface area (Å²) < 4.78 is 0. The van der Waals surface area contributed by atoms with E-state index < -0.39 is 0 Å². The highest BCUT2D eigenvalue weighted by molar-refractivity contribution is 8.01. The van der Waals surface area contributed by atoms with Crippen LogP contribution in [0, 0.1) is 0 Å². The van der Waals surface area contributed by atoms with E-state index >= 15 is 0 Å². The summed E-state index contributed by atoms with van der Waals surface area (Å²) in [5.41, 5.74) is 1.29. The Hall–Kier alpha value is -1.26. The van der Waals surface area contributed by atoms with E-state index in [4.69, 9.17) is 0 Å². The lowest BCUT2D eigenvalue weighted by molar-refractivity contribution is -0.120. The molecule has 2 heterocycles. The first-order chi connectivity index (χ1) is 8.83. The fourth-order valence-corrected chi connectivity index (χ4v) is 3.89. The maximum Gasteiger partial charge on any atom is 0.234 e. The second-order valence-corrected chi connectivity index (χ2v) is 6.49. The van der Waals surface area contributed by atoms with Gasteiger partial charge < -0.3 is 5.32 Å². The van der Waals surface area contributed by atoms with Gasteiger partial charge in [0.15, 0.2) is 0 Å². The first kappa shape index (κ1) is 11.8. The van der Waals surface area contributed by atoms with Crippen molar-refractivity contribution in [3.8, 4) is 0 Å². The average molecular weight is 275 g/mol. The average Bonchev–Trinajstić information content (AvgIpc) is 3.04. The monoisotopic (exact) mass is 275 g/mol. The van der Waals surface area contributed by atoms with E-state index in [2.05, 4.69) is 17.4 Å². The van der Waals surface area contributed by atoms with Crippen LogP contribution in [0.25, 0.3) is 0 Å². The van der Waals surface area contributed by atoms with E-state index in [0.29, 0.717) is 6.54 Å². The Labute approximate surface area is 114 Å². The van der Waals surface area contributed by atoms with Crippen molar-refractivity contribution in [1.29, 1.82) is 0 Å². The van der Waals surface area contributed by atoms with Crippen LogP contribution < -0.4 is 5.32 Å². The summed E-state index contributed by atoms with van der Waals surface area (Å²) in [6.45, 7) is 0.643. The molecule has 0 saturated heterocycles. The van der Waals surface area contributed by atoms with E-state index in [9.17, 15) is 4.79 Å². The van der Waals surface area contributed by atoms with Crippen LogP contribution in [-0.2, 0) is 17.8 Å². The van der Waals surface area contributed by atoms with Gasteiger partial charge in [0.05, 0.1) is 11.8 Å². The summed E-state index contributed by atoms with van der Waals surface area (Å²) in [5, 5.41) is 5.07. The molecule has 0 saturated carbocycles. The van der Waals surface area contributed by atoms with Gasteiger partial charge in [0, 0.05) is 9.77 Å². The molecule has 1 unspecified atom stereocenters. The SMILES string of the molecule is O=C(NCc1cccs1)C1Cc2ccccc2S1. The van der Waals surface area contributed by atoms with Crippen LogP contribution in [0.4, 0.5) is 0 Å². The number of benzene rings is 1. The molecule has 0 radical (unpaired) electrons. The molecule has 1 N–H and O–H groups in total. The third kappa shape index (κ3) is 2.44. The summed E-state index contributed by atoms with van der Waals surface area (Å²) >= 11 is 3.35. The number of amides is 1. The smallest absolute Gasteiger partial charge is 0.234 e. The normalized spacial score (nSPS) is 17.4. The van der Waals surface area contributed by atoms with Crippen molar-refractivity contribution in [3.05, 3.63) is 52.2 Å². The molecule has 1 aliphatic rings. The van der Waals surface area contributed by atoms with Crippen LogP contribution >= 0.6 is 23.1 Å². The summed E-state index contributed by atoms with van der Waals surface area (Å²) in [6, 6.07) is 12.3. The van der Waals surface area contributed by atoms with Crippen molar-refractivity contribution in [3.63, 3.8) is 0 Å². The van der Waals surface area contributed by atoms with Gasteiger partial charge in [0.25, 0.3) is 0 Å². The zero-order valence-corrected chi connectivity index (χ0v) is 11.4. The molecular weight excluding hydrogens is 262 g/mol. The minimum absolute atomic E-state index is 0.0300. The number of carbonyl (C=O) groups is 1. The van der Waals surface area contributed by atoms with Gasteiger partial charge in [-0.15, -0.1) is 23.1 Å². The fourth-order valence-electron chi connectivity index (χ4n) is 2.03. The van der Waals surface area contributed by atoms with E-state index in [1.165, 1.54) is 15.3 Å². The van der Waals surface area contributed by atoms with Crippen LogP contribution in [0.2, 0.25) is 0 Å². The van der Waals surface area contributed by atoms with Crippen LogP contribution in [0.1, 0.15) is 10.4 Å². The molecule has 1 aromatic carbocycles. The van der Waals surface area contributed by atoms with E-state index in [0.717, 1.165) is 6.42 Å². The van der Waals surface area contributed by atoms with Gasteiger partial charge in [-0.2, -0.15) is 0 Å². The van der Waals surface area contributed by atoms with Crippen molar-refractivity contribution < 1.29 is 4.79 Å².